The molecule has 2 aliphatic rings. The SMILES string of the molecule is O=C(Nc1ccccc1C(=O)NCC1CC1C(=O)O)OCC1c2ccccc2-c2ccccc21. The van der Waals surface area contributed by atoms with Gasteiger partial charge in [-0.15, -0.1) is 0 Å². The van der Waals surface area contributed by atoms with Gasteiger partial charge in [-0.1, -0.05) is 60.7 Å². The minimum atomic E-state index is -0.837. The van der Waals surface area contributed by atoms with E-state index in [0.717, 1.165) is 22.3 Å². The lowest BCUT2D eigenvalue weighted by Gasteiger charge is -2.15. The van der Waals surface area contributed by atoms with E-state index >= 15 is 0 Å². The van der Waals surface area contributed by atoms with Crippen molar-refractivity contribution in [2.24, 2.45) is 11.8 Å². The van der Waals surface area contributed by atoms with Gasteiger partial charge in [0, 0.05) is 12.5 Å². The molecule has 1 saturated carbocycles. The molecule has 3 N–H and O–H groups in total. The molecule has 3 aromatic rings. The number of benzene rings is 3. The zero-order valence-corrected chi connectivity index (χ0v) is 18.4. The van der Waals surface area contributed by atoms with Crippen LogP contribution < -0.4 is 10.6 Å². The molecule has 1 fully saturated rings. The summed E-state index contributed by atoms with van der Waals surface area (Å²) in [6.07, 6.45) is -0.0785. The van der Waals surface area contributed by atoms with Crippen LogP contribution in [0.4, 0.5) is 10.5 Å². The normalized spacial score (nSPS) is 17.9. The van der Waals surface area contributed by atoms with Gasteiger partial charge < -0.3 is 15.2 Å². The number of aliphatic carboxylic acids is 1. The third-order valence-corrected chi connectivity index (χ3v) is 6.52. The standard InChI is InChI=1S/C27H24N2O5/c30-25(28-14-16-13-22(16)26(31)32)21-11-5-6-12-24(21)29-27(33)34-15-23-19-9-3-1-7-17(19)18-8-2-4-10-20(18)23/h1-12,16,22-23H,13-15H2,(H,28,30)(H,29,33)(H,31,32). The molecule has 5 rings (SSSR count). The summed E-state index contributed by atoms with van der Waals surface area (Å²) in [4.78, 5) is 36.3. The fourth-order valence-corrected chi connectivity index (χ4v) is 4.63. The summed E-state index contributed by atoms with van der Waals surface area (Å²) in [5, 5.41) is 14.5. The van der Waals surface area contributed by atoms with E-state index in [-0.39, 0.29) is 30.9 Å². The third kappa shape index (κ3) is 4.24. The zero-order chi connectivity index (χ0) is 23.7. The van der Waals surface area contributed by atoms with Gasteiger partial charge in [-0.3, -0.25) is 14.9 Å². The number of carboxylic acids is 1. The van der Waals surface area contributed by atoms with Crippen LogP contribution in [0, 0.1) is 11.8 Å². The van der Waals surface area contributed by atoms with Gasteiger partial charge in [-0.2, -0.15) is 0 Å². The number of hydrogen-bond donors (Lipinski definition) is 3. The number of carbonyl (C=O) groups is 3. The fraction of sp³-hybridized carbons (Fsp3) is 0.222. The molecule has 0 radical (unpaired) electrons. The summed E-state index contributed by atoms with van der Waals surface area (Å²) in [7, 11) is 0. The van der Waals surface area contributed by atoms with Gasteiger partial charge in [0.2, 0.25) is 0 Å². The largest absolute Gasteiger partial charge is 0.481 e. The Morgan fingerprint density at radius 3 is 2.15 bits per heavy atom. The molecule has 0 saturated heterocycles. The summed E-state index contributed by atoms with van der Waals surface area (Å²) >= 11 is 0. The maximum atomic E-state index is 12.6. The van der Waals surface area contributed by atoms with Crippen molar-refractivity contribution in [3.8, 4) is 11.1 Å². The summed E-state index contributed by atoms with van der Waals surface area (Å²) in [6, 6.07) is 22.9. The summed E-state index contributed by atoms with van der Waals surface area (Å²) in [5.74, 6) is -1.71. The van der Waals surface area contributed by atoms with Crippen LogP contribution in [-0.2, 0) is 9.53 Å². The number of carboxylic acid groups (broad SMARTS) is 1. The first kappa shape index (κ1) is 21.7. The highest BCUT2D eigenvalue weighted by molar-refractivity contribution is 6.02. The van der Waals surface area contributed by atoms with Gasteiger partial charge in [0.15, 0.2) is 0 Å². The van der Waals surface area contributed by atoms with E-state index in [1.165, 1.54) is 0 Å². The zero-order valence-electron chi connectivity index (χ0n) is 18.4. The van der Waals surface area contributed by atoms with Crippen molar-refractivity contribution in [2.75, 3.05) is 18.5 Å². The maximum Gasteiger partial charge on any atom is 0.411 e. The Bertz CT molecular complexity index is 1230. The number of anilines is 1. The maximum absolute atomic E-state index is 12.6. The first-order valence-corrected chi connectivity index (χ1v) is 11.2. The molecule has 0 aliphatic heterocycles. The highest BCUT2D eigenvalue weighted by atomic mass is 16.5. The lowest BCUT2D eigenvalue weighted by atomic mass is 9.98. The summed E-state index contributed by atoms with van der Waals surface area (Å²) in [6.45, 7) is 0.460. The predicted octanol–water partition coefficient (Wildman–Crippen LogP) is 4.50. The van der Waals surface area contributed by atoms with Crippen LogP contribution in [0.15, 0.2) is 72.8 Å². The second-order valence-electron chi connectivity index (χ2n) is 8.65. The highest BCUT2D eigenvalue weighted by Gasteiger charge is 2.43. The van der Waals surface area contributed by atoms with Crippen molar-refractivity contribution in [1.82, 2.24) is 5.32 Å². The molecule has 34 heavy (non-hydrogen) atoms. The topological polar surface area (TPSA) is 105 Å². The average Bonchev–Trinajstić information content (AvgIpc) is 3.57. The predicted molar refractivity (Wildman–Crippen MR) is 127 cm³/mol. The van der Waals surface area contributed by atoms with E-state index in [4.69, 9.17) is 9.84 Å². The Hall–Kier alpha value is -4.13. The molecule has 3 aromatic carbocycles. The van der Waals surface area contributed by atoms with E-state index in [9.17, 15) is 14.4 Å². The quantitative estimate of drug-likeness (QED) is 0.486. The third-order valence-electron chi connectivity index (χ3n) is 6.52. The second-order valence-corrected chi connectivity index (χ2v) is 8.65. The van der Waals surface area contributed by atoms with Crippen LogP contribution in [0.5, 0.6) is 0 Å². The minimum absolute atomic E-state index is 0.0521. The molecule has 2 aliphatic carbocycles. The van der Waals surface area contributed by atoms with Crippen molar-refractivity contribution >= 4 is 23.7 Å². The van der Waals surface area contributed by atoms with E-state index in [1.54, 1.807) is 24.3 Å². The van der Waals surface area contributed by atoms with Crippen LogP contribution in [0.1, 0.15) is 33.8 Å². The Balaban J connectivity index is 1.22. The number of ether oxygens (including phenoxy) is 1. The summed E-state index contributed by atoms with van der Waals surface area (Å²) in [5.41, 5.74) is 5.17. The molecule has 0 bridgehead atoms. The van der Waals surface area contributed by atoms with Crippen molar-refractivity contribution < 1.29 is 24.2 Å². The Morgan fingerprint density at radius 2 is 1.50 bits per heavy atom. The second kappa shape index (κ2) is 9.02. The number of carbonyl (C=O) groups excluding carboxylic acids is 2. The minimum Gasteiger partial charge on any atom is -0.481 e. The Kier molecular flexibility index (Phi) is 5.76. The molecule has 172 valence electrons. The summed E-state index contributed by atoms with van der Waals surface area (Å²) < 4.78 is 5.58. The van der Waals surface area contributed by atoms with Crippen molar-refractivity contribution in [2.45, 2.75) is 12.3 Å². The molecular formula is C27H24N2O5. The van der Waals surface area contributed by atoms with E-state index < -0.39 is 18.0 Å². The van der Waals surface area contributed by atoms with Crippen LogP contribution in [0.25, 0.3) is 11.1 Å². The van der Waals surface area contributed by atoms with Gasteiger partial charge >= 0.3 is 12.1 Å². The van der Waals surface area contributed by atoms with Crippen molar-refractivity contribution in [1.29, 1.82) is 0 Å². The Morgan fingerprint density at radius 1 is 0.882 bits per heavy atom. The lowest BCUT2D eigenvalue weighted by molar-refractivity contribution is -0.138. The highest BCUT2D eigenvalue weighted by Crippen LogP contribution is 2.44. The number of rotatable bonds is 7. The molecule has 2 atom stereocenters. The van der Waals surface area contributed by atoms with Crippen molar-refractivity contribution in [3.05, 3.63) is 89.5 Å². The number of para-hydroxylation sites is 1. The first-order valence-electron chi connectivity index (χ1n) is 11.2. The van der Waals surface area contributed by atoms with Gasteiger partial charge in [0.25, 0.3) is 5.91 Å². The fourth-order valence-electron chi connectivity index (χ4n) is 4.63. The molecule has 2 unspecified atom stereocenters. The number of nitrogens with one attached hydrogen (secondary N) is 2. The van der Waals surface area contributed by atoms with Crippen LogP contribution >= 0.6 is 0 Å². The lowest BCUT2D eigenvalue weighted by Crippen LogP contribution is -2.28. The monoisotopic (exact) mass is 456 g/mol. The molecule has 0 heterocycles. The molecule has 7 heteroatoms. The molecular weight excluding hydrogens is 432 g/mol. The Labute approximate surface area is 196 Å². The van der Waals surface area contributed by atoms with Gasteiger partial charge in [0.1, 0.15) is 6.61 Å². The number of fused-ring (bicyclic) bond motifs is 3. The van der Waals surface area contributed by atoms with E-state index in [2.05, 4.69) is 34.9 Å². The molecule has 7 nitrogen and oxygen atoms in total. The number of hydrogen-bond acceptors (Lipinski definition) is 4. The first-order chi connectivity index (χ1) is 16.5. The molecule has 2 amide bonds. The van der Waals surface area contributed by atoms with Gasteiger partial charge in [-0.05, 0) is 46.7 Å². The van der Waals surface area contributed by atoms with Crippen LogP contribution in [0.2, 0.25) is 0 Å². The van der Waals surface area contributed by atoms with Crippen LogP contribution in [-0.4, -0.2) is 36.2 Å². The van der Waals surface area contributed by atoms with Crippen LogP contribution in [0.3, 0.4) is 0 Å². The van der Waals surface area contributed by atoms with E-state index in [0.29, 0.717) is 17.7 Å². The average molecular weight is 456 g/mol. The van der Waals surface area contributed by atoms with Crippen molar-refractivity contribution in [3.63, 3.8) is 0 Å². The van der Waals surface area contributed by atoms with E-state index in [1.807, 2.05) is 24.3 Å². The smallest absolute Gasteiger partial charge is 0.411 e. The van der Waals surface area contributed by atoms with Gasteiger partial charge in [-0.25, -0.2) is 4.79 Å². The molecule has 0 spiro atoms. The van der Waals surface area contributed by atoms with Gasteiger partial charge in [0.05, 0.1) is 17.2 Å². The number of amides is 2. The molecule has 0 aromatic heterocycles.